The molecule has 2 aromatic carbocycles. The number of hydrogen-bond donors (Lipinski definition) is 1. The molecule has 1 aromatic heterocycles. The molecule has 3 aromatic rings. The number of hydrogen-bond acceptors (Lipinski definition) is 3. The predicted molar refractivity (Wildman–Crippen MR) is 102 cm³/mol. The topological polar surface area (TPSA) is 46.9 Å². The van der Waals surface area contributed by atoms with Gasteiger partial charge in [-0.05, 0) is 29.3 Å². The lowest BCUT2D eigenvalue weighted by atomic mass is 10.2. The van der Waals surface area contributed by atoms with E-state index >= 15 is 0 Å². The highest BCUT2D eigenvalue weighted by Gasteiger charge is 2.09. The minimum atomic E-state index is -0.291. The zero-order valence-electron chi connectivity index (χ0n) is 13.9. The second kappa shape index (κ2) is 8.87. The number of amides is 1. The van der Waals surface area contributed by atoms with Crippen LogP contribution in [0.4, 0.5) is 4.39 Å². The Bertz CT molecular complexity index is 883. The molecule has 134 valence electrons. The number of benzene rings is 2. The molecular weight excluding hydrogens is 373 g/mol. The molecule has 7 heteroatoms. The summed E-state index contributed by atoms with van der Waals surface area (Å²) in [5, 5.41) is 4.27. The molecule has 0 aliphatic heterocycles. The molecule has 0 spiro atoms. The summed E-state index contributed by atoms with van der Waals surface area (Å²) in [5.74, 6) is -0.145. The highest BCUT2D eigenvalue weighted by molar-refractivity contribution is 7.99. The van der Waals surface area contributed by atoms with E-state index < -0.39 is 0 Å². The molecule has 0 radical (unpaired) electrons. The van der Waals surface area contributed by atoms with Crippen molar-refractivity contribution in [1.29, 1.82) is 0 Å². The summed E-state index contributed by atoms with van der Waals surface area (Å²) in [7, 11) is 0. The maximum atomic E-state index is 12.9. The van der Waals surface area contributed by atoms with Gasteiger partial charge in [0.05, 0.1) is 12.3 Å². The van der Waals surface area contributed by atoms with Gasteiger partial charge in [-0.25, -0.2) is 9.37 Å². The van der Waals surface area contributed by atoms with Crippen molar-refractivity contribution in [2.45, 2.75) is 18.2 Å². The predicted octanol–water partition coefficient (Wildman–Crippen LogP) is 4.13. The molecule has 3 rings (SSSR count). The lowest BCUT2D eigenvalue weighted by Gasteiger charge is -2.09. The maximum Gasteiger partial charge on any atom is 0.230 e. The molecule has 1 N–H and O–H groups in total. The first-order valence-corrected chi connectivity index (χ1v) is 9.36. The van der Waals surface area contributed by atoms with Crippen LogP contribution < -0.4 is 5.32 Å². The van der Waals surface area contributed by atoms with E-state index in [1.807, 2.05) is 35.0 Å². The van der Waals surface area contributed by atoms with E-state index in [4.69, 9.17) is 11.6 Å². The van der Waals surface area contributed by atoms with Gasteiger partial charge in [-0.1, -0.05) is 53.7 Å². The van der Waals surface area contributed by atoms with E-state index in [1.165, 1.54) is 23.9 Å². The molecule has 1 heterocycles. The van der Waals surface area contributed by atoms with Crippen molar-refractivity contribution in [1.82, 2.24) is 14.9 Å². The van der Waals surface area contributed by atoms with E-state index in [0.29, 0.717) is 18.1 Å². The van der Waals surface area contributed by atoms with Gasteiger partial charge >= 0.3 is 0 Å². The number of imidazole rings is 1. The highest BCUT2D eigenvalue weighted by Crippen LogP contribution is 2.20. The molecular formula is C19H17ClFN3OS. The number of nitrogens with one attached hydrogen (secondary N) is 1. The third-order valence-electron chi connectivity index (χ3n) is 3.71. The summed E-state index contributed by atoms with van der Waals surface area (Å²) in [6.07, 6.45) is 3.57. The molecule has 0 unspecified atom stereocenters. The number of nitrogens with zero attached hydrogens (tertiary/aromatic N) is 2. The van der Waals surface area contributed by atoms with E-state index in [9.17, 15) is 9.18 Å². The van der Waals surface area contributed by atoms with Crippen LogP contribution in [-0.4, -0.2) is 21.2 Å². The fourth-order valence-electron chi connectivity index (χ4n) is 2.35. The van der Waals surface area contributed by atoms with E-state index in [-0.39, 0.29) is 17.5 Å². The molecule has 0 aliphatic carbocycles. The van der Waals surface area contributed by atoms with Crippen LogP contribution in [0.15, 0.2) is 66.1 Å². The molecule has 1 amide bonds. The van der Waals surface area contributed by atoms with Gasteiger partial charge in [-0.3, -0.25) is 4.79 Å². The quantitative estimate of drug-likeness (QED) is 0.618. The fraction of sp³-hybridized carbons (Fsp3) is 0.158. The van der Waals surface area contributed by atoms with Crippen molar-refractivity contribution < 1.29 is 9.18 Å². The average molecular weight is 390 g/mol. The molecule has 4 nitrogen and oxygen atoms in total. The third-order valence-corrected chi connectivity index (χ3v) is 5.08. The van der Waals surface area contributed by atoms with E-state index in [1.54, 1.807) is 18.3 Å². The van der Waals surface area contributed by atoms with Crippen molar-refractivity contribution in [3.63, 3.8) is 0 Å². The van der Waals surface area contributed by atoms with Crippen LogP contribution >= 0.6 is 23.4 Å². The third kappa shape index (κ3) is 5.09. The summed E-state index contributed by atoms with van der Waals surface area (Å²) >= 11 is 7.56. The molecule has 0 saturated carbocycles. The number of aromatic nitrogens is 2. The van der Waals surface area contributed by atoms with Crippen molar-refractivity contribution in [2.24, 2.45) is 0 Å². The number of carbonyl (C=O) groups is 1. The minimum Gasteiger partial charge on any atom is -0.351 e. The van der Waals surface area contributed by atoms with Gasteiger partial charge in [0.15, 0.2) is 5.16 Å². The molecule has 0 aliphatic rings. The van der Waals surface area contributed by atoms with Crippen LogP contribution in [0.25, 0.3) is 0 Å². The average Bonchev–Trinajstić information content (AvgIpc) is 3.08. The van der Waals surface area contributed by atoms with Gasteiger partial charge in [0, 0.05) is 24.0 Å². The standard InChI is InChI=1S/C19H17ClFN3OS/c20-17-4-2-1-3-15(17)12-24-10-9-22-19(24)26-13-18(25)23-11-14-5-7-16(21)8-6-14/h1-10H,11-13H2,(H,23,25). The van der Waals surface area contributed by atoms with Crippen LogP contribution in [0.2, 0.25) is 5.02 Å². The summed E-state index contributed by atoms with van der Waals surface area (Å²) in [5.41, 5.74) is 1.85. The zero-order chi connectivity index (χ0) is 18.4. The number of halogens is 2. The summed E-state index contributed by atoms with van der Waals surface area (Å²) in [6, 6.07) is 13.7. The van der Waals surface area contributed by atoms with Gasteiger partial charge in [0.1, 0.15) is 5.82 Å². The van der Waals surface area contributed by atoms with Gasteiger partial charge in [0.25, 0.3) is 0 Å². The maximum absolute atomic E-state index is 12.9. The second-order valence-electron chi connectivity index (χ2n) is 5.62. The van der Waals surface area contributed by atoms with Crippen molar-refractivity contribution in [2.75, 3.05) is 5.75 Å². The lowest BCUT2D eigenvalue weighted by molar-refractivity contribution is -0.118. The molecule has 0 fully saturated rings. The Hall–Kier alpha value is -2.31. The Morgan fingerprint density at radius 1 is 1.19 bits per heavy atom. The van der Waals surface area contributed by atoms with Crippen molar-refractivity contribution in [3.8, 4) is 0 Å². The first-order valence-electron chi connectivity index (χ1n) is 8.00. The van der Waals surface area contributed by atoms with Crippen LogP contribution in [0.5, 0.6) is 0 Å². The van der Waals surface area contributed by atoms with Crippen LogP contribution in [-0.2, 0) is 17.9 Å². The van der Waals surface area contributed by atoms with Crippen molar-refractivity contribution >= 4 is 29.3 Å². The largest absolute Gasteiger partial charge is 0.351 e. The minimum absolute atomic E-state index is 0.105. The van der Waals surface area contributed by atoms with E-state index in [2.05, 4.69) is 10.3 Å². The Balaban J connectivity index is 1.52. The first-order chi connectivity index (χ1) is 12.6. The Labute approximate surface area is 160 Å². The lowest BCUT2D eigenvalue weighted by Crippen LogP contribution is -2.24. The monoisotopic (exact) mass is 389 g/mol. The fourth-order valence-corrected chi connectivity index (χ4v) is 3.33. The molecule has 26 heavy (non-hydrogen) atoms. The molecule has 0 atom stereocenters. The zero-order valence-corrected chi connectivity index (χ0v) is 15.4. The van der Waals surface area contributed by atoms with Crippen molar-refractivity contribution in [3.05, 3.63) is 82.9 Å². The first kappa shape index (κ1) is 18.5. The Morgan fingerprint density at radius 3 is 2.73 bits per heavy atom. The molecule has 0 bridgehead atoms. The van der Waals surface area contributed by atoms with Gasteiger partial charge in [0.2, 0.25) is 5.91 Å². The van der Waals surface area contributed by atoms with E-state index in [0.717, 1.165) is 16.3 Å². The number of thioether (sulfide) groups is 1. The number of carbonyl (C=O) groups excluding carboxylic acids is 1. The molecule has 0 saturated heterocycles. The SMILES string of the molecule is O=C(CSc1nccn1Cc1ccccc1Cl)NCc1ccc(F)cc1. The highest BCUT2D eigenvalue weighted by atomic mass is 35.5. The summed E-state index contributed by atoms with van der Waals surface area (Å²) in [6.45, 7) is 0.965. The van der Waals surface area contributed by atoms with Gasteiger partial charge in [-0.2, -0.15) is 0 Å². The van der Waals surface area contributed by atoms with Crippen LogP contribution in [0, 0.1) is 5.82 Å². The number of rotatable bonds is 7. The summed E-state index contributed by atoms with van der Waals surface area (Å²) < 4.78 is 14.8. The van der Waals surface area contributed by atoms with Gasteiger partial charge < -0.3 is 9.88 Å². The Morgan fingerprint density at radius 2 is 1.96 bits per heavy atom. The normalized spacial score (nSPS) is 10.7. The van der Waals surface area contributed by atoms with Gasteiger partial charge in [-0.15, -0.1) is 0 Å². The van der Waals surface area contributed by atoms with Crippen LogP contribution in [0.3, 0.4) is 0 Å². The smallest absolute Gasteiger partial charge is 0.230 e. The Kier molecular flexibility index (Phi) is 6.30. The van der Waals surface area contributed by atoms with Crippen LogP contribution in [0.1, 0.15) is 11.1 Å². The second-order valence-corrected chi connectivity index (χ2v) is 6.97. The summed E-state index contributed by atoms with van der Waals surface area (Å²) in [4.78, 5) is 16.3.